The molecule has 2 aliphatic carbocycles. The van der Waals surface area contributed by atoms with Crippen LogP contribution in [0.2, 0.25) is 0 Å². The fourth-order valence-electron chi connectivity index (χ4n) is 5.23. The molecule has 0 spiro atoms. The third-order valence-corrected chi connectivity index (χ3v) is 8.34. The Morgan fingerprint density at radius 3 is 2.36 bits per heavy atom. The maximum Gasteiger partial charge on any atom is 0.326 e. The molecular weight excluding hydrogens is 446 g/mol. The Bertz CT molecular complexity index is 1140. The third-order valence-electron chi connectivity index (χ3n) is 6.77. The highest BCUT2D eigenvalue weighted by molar-refractivity contribution is 7.91. The Morgan fingerprint density at radius 1 is 1.15 bits per heavy atom. The number of nitrogens with one attached hydrogen (secondary N) is 1. The molecule has 0 unspecified atom stereocenters. The molecule has 2 aromatic rings. The van der Waals surface area contributed by atoms with E-state index >= 15 is 0 Å². The molecule has 1 aromatic heterocycles. The first-order valence-electron chi connectivity index (χ1n) is 11.4. The van der Waals surface area contributed by atoms with Gasteiger partial charge in [-0.2, -0.15) is 8.42 Å². The quantitative estimate of drug-likeness (QED) is 0.666. The molecular formula is C22H28N5O5S-. The van der Waals surface area contributed by atoms with E-state index in [2.05, 4.69) is 16.4 Å². The number of hydrogen-bond donors (Lipinski definition) is 1. The van der Waals surface area contributed by atoms with Gasteiger partial charge < -0.3 is 19.8 Å². The summed E-state index contributed by atoms with van der Waals surface area (Å²) in [6, 6.07) is 0.491. The Morgan fingerprint density at radius 2 is 1.79 bits per heavy atom. The van der Waals surface area contributed by atoms with E-state index in [9.17, 15) is 18.4 Å². The van der Waals surface area contributed by atoms with E-state index in [1.165, 1.54) is 23.7 Å². The molecule has 0 bridgehead atoms. The predicted octanol–water partition coefficient (Wildman–Crippen LogP) is 2.66. The number of aromatic nitrogens is 2. The van der Waals surface area contributed by atoms with Gasteiger partial charge in [0.2, 0.25) is 0 Å². The van der Waals surface area contributed by atoms with Crippen molar-refractivity contribution in [1.82, 2.24) is 14.0 Å². The number of imidazole rings is 1. The van der Waals surface area contributed by atoms with Crippen molar-refractivity contribution < 1.29 is 17.9 Å². The van der Waals surface area contributed by atoms with E-state index in [1.54, 1.807) is 11.6 Å². The van der Waals surface area contributed by atoms with Crippen LogP contribution >= 0.6 is 0 Å². The molecule has 1 fully saturated rings. The monoisotopic (exact) mass is 474 g/mol. The van der Waals surface area contributed by atoms with Crippen molar-refractivity contribution in [2.75, 3.05) is 22.8 Å². The van der Waals surface area contributed by atoms with Crippen LogP contribution in [-0.2, 0) is 47.7 Å². The van der Waals surface area contributed by atoms with Gasteiger partial charge in [0.1, 0.15) is 0 Å². The van der Waals surface area contributed by atoms with Gasteiger partial charge in [-0.25, -0.2) is 14.1 Å². The van der Waals surface area contributed by atoms with Crippen molar-refractivity contribution in [3.8, 4) is 0 Å². The van der Waals surface area contributed by atoms with Gasteiger partial charge in [0.25, 0.3) is 0 Å². The Kier molecular flexibility index (Phi) is 5.79. The first kappa shape index (κ1) is 22.2. The number of carbonyl (C=O) groups excluding carboxylic acids is 1. The van der Waals surface area contributed by atoms with E-state index in [0.717, 1.165) is 54.0 Å². The van der Waals surface area contributed by atoms with E-state index in [4.69, 9.17) is 4.74 Å². The number of aryl methyl sites for hydroxylation is 3. The molecule has 1 N–H and O–H groups in total. The molecule has 0 radical (unpaired) electrons. The molecule has 178 valence electrons. The molecule has 0 atom stereocenters. The van der Waals surface area contributed by atoms with E-state index in [-0.39, 0.29) is 5.82 Å². The number of carbonyl (C=O) groups is 1. The zero-order valence-corrected chi connectivity index (χ0v) is 19.4. The van der Waals surface area contributed by atoms with E-state index in [1.807, 2.05) is 0 Å². The molecule has 33 heavy (non-hydrogen) atoms. The minimum Gasteiger partial charge on any atom is -0.740 e. The molecule has 5 rings (SSSR count). The van der Waals surface area contributed by atoms with Crippen LogP contribution in [0.25, 0.3) is 0 Å². The van der Waals surface area contributed by atoms with Gasteiger partial charge in [0.15, 0.2) is 5.82 Å². The minimum atomic E-state index is -4.72. The van der Waals surface area contributed by atoms with Gasteiger partial charge in [0, 0.05) is 32.1 Å². The van der Waals surface area contributed by atoms with Crippen LogP contribution in [0.3, 0.4) is 0 Å². The highest BCUT2D eigenvalue weighted by Crippen LogP contribution is 2.39. The summed E-state index contributed by atoms with van der Waals surface area (Å²) >= 11 is 0. The summed E-state index contributed by atoms with van der Waals surface area (Å²) in [5, 5.41) is 15.7. The molecule has 2 heterocycles. The van der Waals surface area contributed by atoms with Crippen LogP contribution in [0.15, 0.2) is 18.6 Å². The second kappa shape index (κ2) is 8.62. The molecule has 0 saturated carbocycles. The fourth-order valence-corrected chi connectivity index (χ4v) is 6.56. The number of amides is 2. The lowest BCUT2D eigenvalue weighted by atomic mass is 9.99. The number of nitrogens with zero attached hydrogens (tertiary/aromatic N) is 4. The summed E-state index contributed by atoms with van der Waals surface area (Å²) < 4.78 is 34.4. The minimum absolute atomic E-state index is 0.111. The number of anilines is 2. The highest BCUT2D eigenvalue weighted by Gasteiger charge is 2.36. The topological polar surface area (TPSA) is 120 Å². The maximum absolute atomic E-state index is 13.4. The molecule has 3 aliphatic rings. The molecule has 1 aromatic carbocycles. The van der Waals surface area contributed by atoms with Gasteiger partial charge >= 0.3 is 16.2 Å². The molecule has 2 amide bonds. The molecule has 1 aliphatic heterocycles. The van der Waals surface area contributed by atoms with Gasteiger partial charge in [-0.15, -0.1) is 0 Å². The van der Waals surface area contributed by atoms with Gasteiger partial charge in [0.05, 0.1) is 12.4 Å². The lowest BCUT2D eigenvalue weighted by molar-refractivity contribution is 0.0873. The number of hydrogen-bond acceptors (Lipinski definition) is 6. The van der Waals surface area contributed by atoms with Crippen molar-refractivity contribution >= 4 is 27.7 Å². The maximum atomic E-state index is 13.4. The summed E-state index contributed by atoms with van der Waals surface area (Å²) in [4.78, 5) is 17.2. The number of rotatable bonds is 5. The Labute approximate surface area is 193 Å². The number of hydroxylamine groups is 1. The van der Waals surface area contributed by atoms with Crippen LogP contribution in [0.4, 0.5) is 16.3 Å². The van der Waals surface area contributed by atoms with E-state index in [0.29, 0.717) is 31.7 Å². The van der Waals surface area contributed by atoms with Crippen LogP contribution in [0, 0.1) is 5.21 Å². The molecule has 10 nitrogen and oxygen atoms in total. The third kappa shape index (κ3) is 3.98. The van der Waals surface area contributed by atoms with Crippen LogP contribution in [0.5, 0.6) is 0 Å². The van der Waals surface area contributed by atoms with Crippen molar-refractivity contribution in [2.45, 2.75) is 57.4 Å². The van der Waals surface area contributed by atoms with Crippen LogP contribution < -0.4 is 9.62 Å². The highest BCUT2D eigenvalue weighted by atomic mass is 32.2. The van der Waals surface area contributed by atoms with Gasteiger partial charge in [-0.3, -0.25) is 4.47 Å². The Hall–Kier alpha value is -2.63. The number of urea groups is 1. The van der Waals surface area contributed by atoms with Crippen molar-refractivity contribution in [1.29, 1.82) is 0 Å². The summed E-state index contributed by atoms with van der Waals surface area (Å²) in [5.74, 6) is 0.111. The zero-order valence-electron chi connectivity index (χ0n) is 18.6. The second-order valence-electron chi connectivity index (χ2n) is 8.94. The van der Waals surface area contributed by atoms with Crippen LogP contribution in [-0.4, -0.2) is 47.7 Å². The number of benzene rings is 1. The average molecular weight is 475 g/mol. The zero-order chi connectivity index (χ0) is 23.2. The smallest absolute Gasteiger partial charge is 0.326 e. The van der Waals surface area contributed by atoms with Crippen molar-refractivity contribution in [3.05, 3.63) is 46.1 Å². The first-order chi connectivity index (χ1) is 15.9. The van der Waals surface area contributed by atoms with Gasteiger partial charge in [-0.1, -0.05) is 6.07 Å². The summed E-state index contributed by atoms with van der Waals surface area (Å²) in [6.45, 7) is 0.744. The van der Waals surface area contributed by atoms with Crippen LogP contribution in [0.1, 0.15) is 47.9 Å². The largest absolute Gasteiger partial charge is 0.740 e. The standard InChI is InChI=1S/C22H28N5O5S/c1-25-13-20(23-14-25)26(17-8-10-32-11-9-17)33(30,31)27(29)22(28)24-21-18-6-2-4-15(18)12-16-5-3-7-19(16)21/h12-14,17H,2-11H2,1H3,(H,24,28)/q-1. The fraction of sp³-hybridized carbons (Fsp3) is 0.545. The van der Waals surface area contributed by atoms with Gasteiger partial charge in [-0.05, 0) is 73.6 Å². The Balaban J connectivity index is 1.45. The number of ether oxygens (including phenoxy) is 1. The summed E-state index contributed by atoms with van der Waals surface area (Å²) in [6.07, 6.45) is 9.26. The predicted molar refractivity (Wildman–Crippen MR) is 123 cm³/mol. The summed E-state index contributed by atoms with van der Waals surface area (Å²) in [5.41, 5.74) is 5.06. The summed E-state index contributed by atoms with van der Waals surface area (Å²) in [7, 11) is -3.01. The normalized spacial score (nSPS) is 18.1. The average Bonchev–Trinajstić information content (AvgIpc) is 3.55. The van der Waals surface area contributed by atoms with Crippen molar-refractivity contribution in [3.63, 3.8) is 0 Å². The number of fused-ring (bicyclic) bond motifs is 2. The first-order valence-corrected chi connectivity index (χ1v) is 12.8. The van der Waals surface area contributed by atoms with Crippen molar-refractivity contribution in [2.24, 2.45) is 7.05 Å². The lowest BCUT2D eigenvalue weighted by Crippen LogP contribution is -2.51. The molecule has 1 saturated heterocycles. The SMILES string of the molecule is Cn1cnc(N(C2CCOCC2)S(=O)(=O)N([O-])C(=O)Nc2c3c(cc4c2CCC4)CCC3)c1. The lowest BCUT2D eigenvalue weighted by Gasteiger charge is -2.39. The molecule has 11 heteroatoms. The van der Waals surface area contributed by atoms with E-state index < -0.39 is 26.8 Å². The second-order valence-corrected chi connectivity index (χ2v) is 10.6.